The van der Waals surface area contributed by atoms with Gasteiger partial charge in [0.1, 0.15) is 0 Å². The van der Waals surface area contributed by atoms with Crippen molar-refractivity contribution in [3.05, 3.63) is 24.2 Å². The number of carbonyl (C=O) groups is 2. The summed E-state index contributed by atoms with van der Waals surface area (Å²) in [4.78, 5) is 28.8. The molecule has 0 spiro atoms. The fourth-order valence-corrected chi connectivity index (χ4v) is 1.95. The first kappa shape index (κ1) is 15.3. The number of ether oxygens (including phenoxy) is 1. The molecule has 0 aliphatic carbocycles. The van der Waals surface area contributed by atoms with Crippen molar-refractivity contribution in [3.63, 3.8) is 0 Å². The molecule has 7 heteroatoms. The fraction of sp³-hybridized carbons (Fsp3) is 0.417. The molecule has 1 rings (SSSR count). The van der Waals surface area contributed by atoms with Gasteiger partial charge in [-0.25, -0.2) is 4.98 Å². The lowest BCUT2D eigenvalue weighted by Gasteiger charge is -2.18. The van der Waals surface area contributed by atoms with Gasteiger partial charge in [0.15, 0.2) is 5.13 Å². The monoisotopic (exact) mass is 283 g/mol. The minimum atomic E-state index is -0.355. The Hall–Kier alpha value is -1.73. The molecule has 0 saturated heterocycles. The third kappa shape index (κ3) is 6.12. The van der Waals surface area contributed by atoms with E-state index in [2.05, 4.69) is 16.9 Å². The van der Waals surface area contributed by atoms with E-state index < -0.39 is 0 Å². The van der Waals surface area contributed by atoms with Crippen LogP contribution < -0.4 is 5.32 Å². The molecular formula is C12H17N3O3S. The van der Waals surface area contributed by atoms with Crippen molar-refractivity contribution >= 4 is 28.3 Å². The van der Waals surface area contributed by atoms with Crippen LogP contribution >= 0.6 is 11.3 Å². The largest absolute Gasteiger partial charge is 0.465 e. The quantitative estimate of drug-likeness (QED) is 0.572. The van der Waals surface area contributed by atoms with Gasteiger partial charge < -0.3 is 10.1 Å². The third-order valence-electron chi connectivity index (χ3n) is 2.09. The number of rotatable bonds is 8. The number of hydrogen-bond acceptors (Lipinski definition) is 6. The van der Waals surface area contributed by atoms with Crippen molar-refractivity contribution in [1.29, 1.82) is 0 Å². The standard InChI is InChI=1S/C12H17N3O3S/c1-3-6-15(9-11(17)18-4-2)8-10(16)14-12-13-5-7-19-12/h3,5,7H,1,4,6,8-9H2,2H3,(H,13,14,16). The second kappa shape index (κ2) is 8.39. The average Bonchev–Trinajstić information content (AvgIpc) is 2.82. The SMILES string of the molecule is C=CCN(CC(=O)Nc1nccs1)CC(=O)OCC. The molecule has 1 aromatic rings. The third-order valence-corrected chi connectivity index (χ3v) is 2.78. The van der Waals surface area contributed by atoms with Crippen molar-refractivity contribution < 1.29 is 14.3 Å². The summed E-state index contributed by atoms with van der Waals surface area (Å²) in [7, 11) is 0. The molecule has 0 bridgehead atoms. The molecule has 0 aliphatic rings. The second-order valence-electron chi connectivity index (χ2n) is 3.65. The number of esters is 1. The maximum Gasteiger partial charge on any atom is 0.320 e. The van der Waals surface area contributed by atoms with Crippen LogP contribution in [0.3, 0.4) is 0 Å². The first-order chi connectivity index (χ1) is 9.15. The molecule has 6 nitrogen and oxygen atoms in total. The average molecular weight is 283 g/mol. The van der Waals surface area contributed by atoms with E-state index in [1.165, 1.54) is 11.3 Å². The Kier molecular flexibility index (Phi) is 6.76. The van der Waals surface area contributed by atoms with Crippen molar-refractivity contribution in [2.24, 2.45) is 0 Å². The van der Waals surface area contributed by atoms with E-state index in [9.17, 15) is 9.59 Å². The molecular weight excluding hydrogens is 266 g/mol. The summed E-state index contributed by atoms with van der Waals surface area (Å²) in [5, 5.41) is 4.97. The Balaban J connectivity index is 2.45. The molecule has 0 aromatic carbocycles. The summed E-state index contributed by atoms with van der Waals surface area (Å²) in [6.07, 6.45) is 3.25. The summed E-state index contributed by atoms with van der Waals surface area (Å²) < 4.78 is 4.85. The highest BCUT2D eigenvalue weighted by molar-refractivity contribution is 7.13. The lowest BCUT2D eigenvalue weighted by molar-refractivity contribution is -0.144. The Morgan fingerprint density at radius 3 is 2.95 bits per heavy atom. The number of carbonyl (C=O) groups excluding carboxylic acids is 2. The van der Waals surface area contributed by atoms with Crippen molar-refractivity contribution in [2.45, 2.75) is 6.92 Å². The summed E-state index contributed by atoms with van der Waals surface area (Å²) in [6.45, 7) is 6.25. The second-order valence-corrected chi connectivity index (χ2v) is 4.54. The molecule has 0 atom stereocenters. The Labute approximate surface area is 116 Å². The van der Waals surface area contributed by atoms with Gasteiger partial charge in [-0.15, -0.1) is 17.9 Å². The van der Waals surface area contributed by atoms with Crippen LogP contribution in [0.2, 0.25) is 0 Å². The van der Waals surface area contributed by atoms with Gasteiger partial charge in [0.05, 0.1) is 19.7 Å². The summed E-state index contributed by atoms with van der Waals surface area (Å²) in [5.41, 5.74) is 0. The molecule has 0 aliphatic heterocycles. The molecule has 0 saturated carbocycles. The van der Waals surface area contributed by atoms with E-state index in [4.69, 9.17) is 4.74 Å². The van der Waals surface area contributed by atoms with Crippen molar-refractivity contribution in [3.8, 4) is 0 Å². The molecule has 1 heterocycles. The minimum Gasteiger partial charge on any atom is -0.465 e. The highest BCUT2D eigenvalue weighted by Crippen LogP contribution is 2.09. The highest BCUT2D eigenvalue weighted by Gasteiger charge is 2.14. The normalized spacial score (nSPS) is 10.2. The molecule has 1 N–H and O–H groups in total. The van der Waals surface area contributed by atoms with E-state index in [1.54, 1.807) is 29.5 Å². The van der Waals surface area contributed by atoms with Crippen LogP contribution in [-0.4, -0.2) is 48.0 Å². The molecule has 1 aromatic heterocycles. The van der Waals surface area contributed by atoms with Gasteiger partial charge in [0.25, 0.3) is 0 Å². The van der Waals surface area contributed by atoms with Crippen LogP contribution in [0.15, 0.2) is 24.2 Å². The van der Waals surface area contributed by atoms with Crippen molar-refractivity contribution in [2.75, 3.05) is 31.6 Å². The van der Waals surface area contributed by atoms with Crippen LogP contribution in [0.4, 0.5) is 5.13 Å². The lowest BCUT2D eigenvalue weighted by atomic mass is 10.4. The van der Waals surface area contributed by atoms with E-state index >= 15 is 0 Å². The number of nitrogens with one attached hydrogen (secondary N) is 1. The first-order valence-corrected chi connectivity index (χ1v) is 6.72. The zero-order valence-electron chi connectivity index (χ0n) is 10.8. The number of aromatic nitrogens is 1. The summed E-state index contributed by atoms with van der Waals surface area (Å²) in [5.74, 6) is -0.576. The fourth-order valence-electron chi connectivity index (χ4n) is 1.40. The topological polar surface area (TPSA) is 71.5 Å². The van der Waals surface area contributed by atoms with Crippen LogP contribution in [-0.2, 0) is 14.3 Å². The van der Waals surface area contributed by atoms with Crippen LogP contribution in [0.1, 0.15) is 6.92 Å². The molecule has 0 fully saturated rings. The van der Waals surface area contributed by atoms with Crippen LogP contribution in [0.25, 0.3) is 0 Å². The Bertz CT molecular complexity index is 420. The molecule has 1 amide bonds. The molecule has 104 valence electrons. The number of nitrogens with zero attached hydrogens (tertiary/aromatic N) is 2. The zero-order valence-corrected chi connectivity index (χ0v) is 11.6. The van der Waals surface area contributed by atoms with Crippen LogP contribution in [0, 0.1) is 0 Å². The van der Waals surface area contributed by atoms with Gasteiger partial charge in [0.2, 0.25) is 5.91 Å². The van der Waals surface area contributed by atoms with E-state index in [0.29, 0.717) is 18.3 Å². The number of thiazole rings is 1. The van der Waals surface area contributed by atoms with Gasteiger partial charge in [-0.3, -0.25) is 14.5 Å². The maximum absolute atomic E-state index is 11.8. The summed E-state index contributed by atoms with van der Waals surface area (Å²) >= 11 is 1.34. The summed E-state index contributed by atoms with van der Waals surface area (Å²) in [6, 6.07) is 0. The van der Waals surface area contributed by atoms with Gasteiger partial charge in [-0.2, -0.15) is 0 Å². The predicted octanol–water partition coefficient (Wildman–Crippen LogP) is 1.13. The predicted molar refractivity (Wildman–Crippen MR) is 74.0 cm³/mol. The molecule has 19 heavy (non-hydrogen) atoms. The zero-order chi connectivity index (χ0) is 14.1. The van der Waals surface area contributed by atoms with Gasteiger partial charge >= 0.3 is 5.97 Å². The molecule has 0 unspecified atom stereocenters. The van der Waals surface area contributed by atoms with E-state index in [-0.39, 0.29) is 25.0 Å². The van der Waals surface area contributed by atoms with Gasteiger partial charge in [-0.05, 0) is 6.92 Å². The van der Waals surface area contributed by atoms with Gasteiger partial charge in [0, 0.05) is 18.1 Å². The van der Waals surface area contributed by atoms with E-state index in [1.807, 2.05) is 0 Å². The highest BCUT2D eigenvalue weighted by atomic mass is 32.1. The lowest BCUT2D eigenvalue weighted by Crippen LogP contribution is -2.37. The Morgan fingerprint density at radius 2 is 2.37 bits per heavy atom. The smallest absolute Gasteiger partial charge is 0.320 e. The Morgan fingerprint density at radius 1 is 1.58 bits per heavy atom. The number of amides is 1. The molecule has 0 radical (unpaired) electrons. The van der Waals surface area contributed by atoms with E-state index in [0.717, 1.165) is 0 Å². The van der Waals surface area contributed by atoms with Gasteiger partial charge in [-0.1, -0.05) is 6.08 Å². The first-order valence-electron chi connectivity index (χ1n) is 5.84. The number of anilines is 1. The van der Waals surface area contributed by atoms with Crippen molar-refractivity contribution in [1.82, 2.24) is 9.88 Å². The van der Waals surface area contributed by atoms with Crippen LogP contribution in [0.5, 0.6) is 0 Å². The number of hydrogen-bond donors (Lipinski definition) is 1. The minimum absolute atomic E-state index is 0.0607. The maximum atomic E-state index is 11.8.